The van der Waals surface area contributed by atoms with Crippen LogP contribution < -0.4 is 4.90 Å². The van der Waals surface area contributed by atoms with E-state index >= 15 is 0 Å². The van der Waals surface area contributed by atoms with Gasteiger partial charge >= 0.3 is 0 Å². The molecule has 2 aliphatic rings. The molecule has 2 aromatic heterocycles. The van der Waals surface area contributed by atoms with E-state index in [0.29, 0.717) is 12.6 Å². The van der Waals surface area contributed by atoms with Crippen molar-refractivity contribution in [1.82, 2.24) is 24.4 Å². The third kappa shape index (κ3) is 3.50. The lowest BCUT2D eigenvalue weighted by Gasteiger charge is -2.48. The molecule has 7 nitrogen and oxygen atoms in total. The first-order valence-corrected chi connectivity index (χ1v) is 8.69. The highest BCUT2D eigenvalue weighted by Crippen LogP contribution is 2.30. The number of rotatable bonds is 3. The molecule has 134 valence electrons. The summed E-state index contributed by atoms with van der Waals surface area (Å²) in [5.41, 5.74) is -0.223. The van der Waals surface area contributed by atoms with Crippen LogP contribution in [0.1, 0.15) is 18.7 Å². The van der Waals surface area contributed by atoms with Crippen molar-refractivity contribution in [3.05, 3.63) is 36.4 Å². The molecule has 4 heterocycles. The summed E-state index contributed by atoms with van der Waals surface area (Å²) < 4.78 is 21.4. The normalized spacial score (nSPS) is 24.8. The quantitative estimate of drug-likeness (QED) is 0.833. The Hall–Kier alpha value is -2.06. The van der Waals surface area contributed by atoms with E-state index in [1.807, 2.05) is 19.4 Å². The minimum absolute atomic E-state index is 0.223. The van der Waals surface area contributed by atoms with E-state index in [9.17, 15) is 4.39 Å². The van der Waals surface area contributed by atoms with E-state index in [0.717, 1.165) is 51.4 Å². The summed E-state index contributed by atoms with van der Waals surface area (Å²) in [5, 5.41) is 0. The van der Waals surface area contributed by atoms with Gasteiger partial charge in [0.2, 0.25) is 5.95 Å². The lowest BCUT2D eigenvalue weighted by molar-refractivity contribution is -0.117. The molecule has 1 spiro atoms. The number of morpholine rings is 1. The van der Waals surface area contributed by atoms with Gasteiger partial charge < -0.3 is 14.2 Å². The average molecular weight is 346 g/mol. The molecule has 0 aliphatic carbocycles. The molecule has 0 amide bonds. The van der Waals surface area contributed by atoms with Crippen molar-refractivity contribution in [2.75, 3.05) is 37.7 Å². The molecule has 1 unspecified atom stereocenters. The molecule has 1 atom stereocenters. The smallest absolute Gasteiger partial charge is 0.225 e. The fraction of sp³-hybridized carbons (Fsp3) is 0.588. The van der Waals surface area contributed by atoms with Crippen molar-refractivity contribution in [2.24, 2.45) is 7.05 Å². The minimum Gasteiger partial charge on any atom is -0.370 e. The standard InChI is InChI=1S/C17H23FN6O/c1-22-6-4-19-15(22)11-23-7-8-25-17(12-23)3-2-5-24(13-17)16-20-9-14(18)10-21-16/h4,6,9-10H,2-3,5,7-8,11-13H2,1H3. The highest BCUT2D eigenvalue weighted by atomic mass is 19.1. The van der Waals surface area contributed by atoms with Crippen LogP contribution in [0.4, 0.5) is 10.3 Å². The minimum atomic E-state index is -0.411. The number of anilines is 1. The van der Waals surface area contributed by atoms with E-state index in [-0.39, 0.29) is 5.60 Å². The lowest BCUT2D eigenvalue weighted by atomic mass is 9.91. The maximum atomic E-state index is 13.1. The van der Waals surface area contributed by atoms with E-state index in [1.165, 1.54) is 12.4 Å². The van der Waals surface area contributed by atoms with Crippen LogP contribution in [0, 0.1) is 5.82 Å². The second-order valence-electron chi connectivity index (χ2n) is 6.92. The Labute approximate surface area is 146 Å². The molecule has 4 rings (SSSR count). The van der Waals surface area contributed by atoms with Crippen LogP contribution in [0.3, 0.4) is 0 Å². The summed E-state index contributed by atoms with van der Waals surface area (Å²) in [7, 11) is 2.02. The number of piperidine rings is 1. The zero-order valence-corrected chi connectivity index (χ0v) is 14.4. The largest absolute Gasteiger partial charge is 0.370 e. The van der Waals surface area contributed by atoms with Crippen molar-refractivity contribution in [1.29, 1.82) is 0 Å². The molecule has 2 aliphatic heterocycles. The third-order valence-corrected chi connectivity index (χ3v) is 5.04. The van der Waals surface area contributed by atoms with Crippen LogP contribution in [-0.2, 0) is 18.3 Å². The van der Waals surface area contributed by atoms with Crippen LogP contribution in [0.5, 0.6) is 0 Å². The SMILES string of the molecule is Cn1ccnc1CN1CCOC2(CCCN(c3ncc(F)cn3)C2)C1. The van der Waals surface area contributed by atoms with Crippen molar-refractivity contribution in [3.8, 4) is 0 Å². The van der Waals surface area contributed by atoms with Crippen molar-refractivity contribution >= 4 is 5.95 Å². The molecule has 2 saturated heterocycles. The summed E-state index contributed by atoms with van der Waals surface area (Å²) in [4.78, 5) is 17.2. The Morgan fingerprint density at radius 3 is 2.80 bits per heavy atom. The number of aryl methyl sites for hydroxylation is 1. The van der Waals surface area contributed by atoms with E-state index in [2.05, 4.69) is 29.3 Å². The van der Waals surface area contributed by atoms with Crippen LogP contribution in [0.25, 0.3) is 0 Å². The zero-order chi connectivity index (χ0) is 17.3. The molecular weight excluding hydrogens is 323 g/mol. The number of hydrogen-bond acceptors (Lipinski definition) is 6. The number of aromatic nitrogens is 4. The molecule has 0 saturated carbocycles. The molecule has 0 N–H and O–H groups in total. The Morgan fingerprint density at radius 2 is 2.04 bits per heavy atom. The Bertz CT molecular complexity index is 716. The van der Waals surface area contributed by atoms with E-state index in [4.69, 9.17) is 4.74 Å². The molecule has 2 fully saturated rings. The van der Waals surface area contributed by atoms with Gasteiger partial charge in [0.25, 0.3) is 0 Å². The predicted octanol–water partition coefficient (Wildman–Crippen LogP) is 1.22. The Kier molecular flexibility index (Phi) is 4.39. The van der Waals surface area contributed by atoms with Gasteiger partial charge in [0.1, 0.15) is 5.82 Å². The van der Waals surface area contributed by atoms with Gasteiger partial charge in [-0.1, -0.05) is 0 Å². The number of hydrogen-bond donors (Lipinski definition) is 0. The van der Waals surface area contributed by atoms with Crippen molar-refractivity contribution < 1.29 is 9.13 Å². The molecule has 2 aromatic rings. The summed E-state index contributed by atoms with van der Waals surface area (Å²) in [6.45, 7) is 4.90. The molecule has 0 aromatic carbocycles. The topological polar surface area (TPSA) is 59.3 Å². The van der Waals surface area contributed by atoms with Gasteiger partial charge in [-0.25, -0.2) is 19.3 Å². The maximum absolute atomic E-state index is 13.1. The molecule has 25 heavy (non-hydrogen) atoms. The monoisotopic (exact) mass is 346 g/mol. The summed E-state index contributed by atoms with van der Waals surface area (Å²) >= 11 is 0. The van der Waals surface area contributed by atoms with Gasteiger partial charge in [0.05, 0.1) is 37.7 Å². The second kappa shape index (κ2) is 6.68. The number of halogens is 1. The van der Waals surface area contributed by atoms with Crippen LogP contribution in [0.2, 0.25) is 0 Å². The van der Waals surface area contributed by atoms with Gasteiger partial charge in [0, 0.05) is 39.1 Å². The fourth-order valence-electron chi connectivity index (χ4n) is 3.79. The molecular formula is C17H23FN6O. The molecule has 0 bridgehead atoms. The van der Waals surface area contributed by atoms with Gasteiger partial charge in [-0.2, -0.15) is 0 Å². The van der Waals surface area contributed by atoms with Crippen LogP contribution >= 0.6 is 0 Å². The Morgan fingerprint density at radius 1 is 1.20 bits per heavy atom. The van der Waals surface area contributed by atoms with Crippen LogP contribution in [-0.4, -0.2) is 62.8 Å². The van der Waals surface area contributed by atoms with E-state index in [1.54, 1.807) is 0 Å². The first-order chi connectivity index (χ1) is 12.1. The number of imidazole rings is 1. The van der Waals surface area contributed by atoms with Crippen LogP contribution in [0.15, 0.2) is 24.8 Å². The van der Waals surface area contributed by atoms with E-state index < -0.39 is 5.82 Å². The molecule has 0 radical (unpaired) electrons. The van der Waals surface area contributed by atoms with Gasteiger partial charge in [-0.3, -0.25) is 4.90 Å². The highest BCUT2D eigenvalue weighted by molar-refractivity contribution is 5.31. The number of ether oxygens (including phenoxy) is 1. The van der Waals surface area contributed by atoms with Gasteiger partial charge in [-0.15, -0.1) is 0 Å². The first-order valence-electron chi connectivity index (χ1n) is 8.69. The van der Waals surface area contributed by atoms with Crippen molar-refractivity contribution in [2.45, 2.75) is 25.0 Å². The lowest BCUT2D eigenvalue weighted by Crippen LogP contribution is -2.60. The molecule has 8 heteroatoms. The maximum Gasteiger partial charge on any atom is 0.225 e. The predicted molar refractivity (Wildman–Crippen MR) is 90.6 cm³/mol. The summed E-state index contributed by atoms with van der Waals surface area (Å²) in [5.74, 6) is 1.22. The number of nitrogens with zero attached hydrogens (tertiary/aromatic N) is 6. The fourth-order valence-corrected chi connectivity index (χ4v) is 3.79. The second-order valence-corrected chi connectivity index (χ2v) is 6.92. The van der Waals surface area contributed by atoms with Gasteiger partial charge in [0.15, 0.2) is 5.82 Å². The third-order valence-electron chi connectivity index (χ3n) is 5.04. The summed E-state index contributed by atoms with van der Waals surface area (Å²) in [6, 6.07) is 0. The van der Waals surface area contributed by atoms with Gasteiger partial charge in [-0.05, 0) is 12.8 Å². The highest BCUT2D eigenvalue weighted by Gasteiger charge is 2.41. The summed E-state index contributed by atoms with van der Waals surface area (Å²) in [6.07, 6.45) is 8.27. The Balaban J connectivity index is 1.46. The average Bonchev–Trinajstić information content (AvgIpc) is 3.00. The zero-order valence-electron chi connectivity index (χ0n) is 14.4. The van der Waals surface area contributed by atoms with Crippen molar-refractivity contribution in [3.63, 3.8) is 0 Å². The first kappa shape index (κ1) is 16.4.